The van der Waals surface area contributed by atoms with Gasteiger partial charge in [0.1, 0.15) is 18.4 Å². The normalized spacial score (nSPS) is 12.4. The van der Waals surface area contributed by atoms with Crippen molar-refractivity contribution in [1.82, 2.24) is 10.2 Å². The molecule has 0 bridgehead atoms. The Bertz CT molecular complexity index is 1390. The van der Waals surface area contributed by atoms with Crippen molar-refractivity contribution in [2.24, 2.45) is 0 Å². The van der Waals surface area contributed by atoms with E-state index in [0.29, 0.717) is 17.7 Å². The van der Waals surface area contributed by atoms with Crippen LogP contribution in [-0.2, 0) is 32.6 Å². The second kappa shape index (κ2) is 13.1. The number of halogens is 1. The van der Waals surface area contributed by atoms with Crippen LogP contribution in [0.4, 0.5) is 10.1 Å². The molecule has 0 aliphatic heterocycles. The van der Waals surface area contributed by atoms with Crippen LogP contribution in [0, 0.1) is 5.82 Å². The number of hydrogen-bond donors (Lipinski definition) is 1. The first kappa shape index (κ1) is 30.8. The number of amides is 2. The molecule has 40 heavy (non-hydrogen) atoms. The molecule has 0 radical (unpaired) electrons. The average Bonchev–Trinajstić information content (AvgIpc) is 2.92. The first-order valence-corrected chi connectivity index (χ1v) is 14.8. The lowest BCUT2D eigenvalue weighted by Crippen LogP contribution is -2.55. The number of carbonyl (C=O) groups is 2. The first-order valence-electron chi connectivity index (χ1n) is 13.4. The summed E-state index contributed by atoms with van der Waals surface area (Å²) in [5.41, 5.74) is 1.43. The van der Waals surface area contributed by atoms with Crippen molar-refractivity contribution in [3.63, 3.8) is 0 Å². The molecular formula is C31H38FN3O4S. The molecule has 7 nitrogen and oxygen atoms in total. The lowest BCUT2D eigenvalue weighted by Gasteiger charge is -2.34. The van der Waals surface area contributed by atoms with E-state index in [2.05, 4.69) is 5.32 Å². The molecule has 0 saturated heterocycles. The Hall–Kier alpha value is -3.72. The zero-order valence-corrected chi connectivity index (χ0v) is 24.5. The zero-order chi connectivity index (χ0) is 29.5. The minimum Gasteiger partial charge on any atom is -0.350 e. The fourth-order valence-electron chi connectivity index (χ4n) is 4.31. The molecule has 0 aliphatic carbocycles. The monoisotopic (exact) mass is 567 g/mol. The summed E-state index contributed by atoms with van der Waals surface area (Å²) in [5.74, 6) is -1.33. The molecule has 1 N–H and O–H groups in total. The summed E-state index contributed by atoms with van der Waals surface area (Å²) < 4.78 is 42.4. The highest BCUT2D eigenvalue weighted by atomic mass is 32.2. The third kappa shape index (κ3) is 7.91. The van der Waals surface area contributed by atoms with Crippen molar-refractivity contribution in [1.29, 1.82) is 0 Å². The molecule has 214 valence electrons. The maximum Gasteiger partial charge on any atom is 0.264 e. The highest BCUT2D eigenvalue weighted by Gasteiger charge is 2.34. The molecule has 9 heteroatoms. The summed E-state index contributed by atoms with van der Waals surface area (Å²) in [5, 5.41) is 2.93. The van der Waals surface area contributed by atoms with Gasteiger partial charge in [0.2, 0.25) is 11.8 Å². The predicted molar refractivity (Wildman–Crippen MR) is 156 cm³/mol. The van der Waals surface area contributed by atoms with Crippen LogP contribution in [-0.4, -0.2) is 43.3 Å². The van der Waals surface area contributed by atoms with Gasteiger partial charge in [0.25, 0.3) is 10.0 Å². The molecule has 0 aliphatic rings. The highest BCUT2D eigenvalue weighted by molar-refractivity contribution is 7.92. The first-order chi connectivity index (χ1) is 18.9. The average molecular weight is 568 g/mol. The third-order valence-corrected chi connectivity index (χ3v) is 8.18. The molecule has 0 saturated carbocycles. The van der Waals surface area contributed by atoms with Gasteiger partial charge in [-0.25, -0.2) is 12.8 Å². The van der Waals surface area contributed by atoms with Crippen molar-refractivity contribution in [3.05, 3.63) is 95.8 Å². The van der Waals surface area contributed by atoms with E-state index < -0.39 is 39.9 Å². The van der Waals surface area contributed by atoms with Gasteiger partial charge in [-0.2, -0.15) is 0 Å². The fourth-order valence-corrected chi connectivity index (χ4v) is 5.74. The summed E-state index contributed by atoms with van der Waals surface area (Å²) in [6.45, 7) is 8.80. The zero-order valence-electron chi connectivity index (χ0n) is 23.7. The SMILES string of the molecule is CCc1ccc(N(CC(=O)N(Cc2ccc(F)cc2)[C@H](CC)C(=O)NC(C)(C)C)S(=O)(=O)c2ccccc2)cc1. The van der Waals surface area contributed by atoms with E-state index in [1.165, 1.54) is 29.2 Å². The van der Waals surface area contributed by atoms with Crippen LogP contribution >= 0.6 is 0 Å². The predicted octanol–water partition coefficient (Wildman–Crippen LogP) is 5.31. The molecule has 0 heterocycles. The number of aryl methyl sites for hydroxylation is 1. The number of rotatable bonds is 11. The largest absolute Gasteiger partial charge is 0.350 e. The van der Waals surface area contributed by atoms with Crippen LogP contribution in [0.25, 0.3) is 0 Å². The van der Waals surface area contributed by atoms with Crippen molar-refractivity contribution in [2.75, 3.05) is 10.8 Å². The van der Waals surface area contributed by atoms with Gasteiger partial charge in [0, 0.05) is 12.1 Å². The number of hydrogen-bond acceptors (Lipinski definition) is 4. The van der Waals surface area contributed by atoms with E-state index in [-0.39, 0.29) is 17.3 Å². The molecule has 0 aromatic heterocycles. The Labute approximate surface area is 237 Å². The van der Waals surface area contributed by atoms with Gasteiger partial charge in [-0.05, 0) is 81.1 Å². The van der Waals surface area contributed by atoms with Crippen molar-refractivity contribution < 1.29 is 22.4 Å². The Morgan fingerprint density at radius 2 is 1.45 bits per heavy atom. The molecule has 3 rings (SSSR count). The molecule has 2 amide bonds. The minimum atomic E-state index is -4.13. The van der Waals surface area contributed by atoms with Gasteiger partial charge in [-0.1, -0.05) is 56.3 Å². The van der Waals surface area contributed by atoms with Crippen LogP contribution in [0.3, 0.4) is 0 Å². The molecule has 0 unspecified atom stereocenters. The number of sulfonamides is 1. The molecule has 0 fully saturated rings. The van der Waals surface area contributed by atoms with E-state index in [1.54, 1.807) is 49.4 Å². The van der Waals surface area contributed by atoms with Crippen LogP contribution in [0.5, 0.6) is 0 Å². The lowest BCUT2D eigenvalue weighted by atomic mass is 10.1. The van der Waals surface area contributed by atoms with Gasteiger partial charge in [-0.3, -0.25) is 13.9 Å². The number of benzene rings is 3. The summed E-state index contributed by atoms with van der Waals surface area (Å²) in [7, 11) is -4.13. The van der Waals surface area contributed by atoms with Gasteiger partial charge in [0.05, 0.1) is 10.6 Å². The topological polar surface area (TPSA) is 86.8 Å². The quantitative estimate of drug-likeness (QED) is 0.341. The number of nitrogens with one attached hydrogen (secondary N) is 1. The van der Waals surface area contributed by atoms with Crippen LogP contribution in [0.2, 0.25) is 0 Å². The van der Waals surface area contributed by atoms with Crippen molar-refractivity contribution >= 4 is 27.5 Å². The Morgan fingerprint density at radius 1 is 0.875 bits per heavy atom. The molecule has 3 aromatic rings. The standard InChI is InChI=1S/C31H38FN3O4S/c1-6-23-15-19-26(20-16-23)35(40(38,39)27-11-9-8-10-12-27)22-29(36)34(21-24-13-17-25(32)18-14-24)28(7-2)30(37)33-31(3,4)5/h8-20,28H,6-7,21-22H2,1-5H3,(H,33,37)/t28-/m1/s1. The Morgan fingerprint density at radius 3 is 1.98 bits per heavy atom. The van der Waals surface area contributed by atoms with Crippen LogP contribution in [0.15, 0.2) is 83.8 Å². The van der Waals surface area contributed by atoms with E-state index in [9.17, 15) is 22.4 Å². The summed E-state index contributed by atoms with van der Waals surface area (Å²) >= 11 is 0. The summed E-state index contributed by atoms with van der Waals surface area (Å²) in [6.07, 6.45) is 1.07. The van der Waals surface area contributed by atoms with E-state index in [1.807, 2.05) is 39.8 Å². The second-order valence-corrected chi connectivity index (χ2v) is 12.5. The minimum absolute atomic E-state index is 0.00315. The van der Waals surface area contributed by atoms with Crippen molar-refractivity contribution in [3.8, 4) is 0 Å². The molecule has 0 spiro atoms. The van der Waals surface area contributed by atoms with Crippen LogP contribution < -0.4 is 9.62 Å². The third-order valence-electron chi connectivity index (χ3n) is 6.39. The number of anilines is 1. The maximum absolute atomic E-state index is 14.0. The fraction of sp³-hybridized carbons (Fsp3) is 0.355. The lowest BCUT2D eigenvalue weighted by molar-refractivity contribution is -0.141. The summed E-state index contributed by atoms with van der Waals surface area (Å²) in [4.78, 5) is 28.8. The molecular weight excluding hydrogens is 529 g/mol. The van der Waals surface area contributed by atoms with Gasteiger partial charge >= 0.3 is 0 Å². The Balaban J connectivity index is 2.06. The smallest absolute Gasteiger partial charge is 0.264 e. The van der Waals surface area contributed by atoms with Gasteiger partial charge < -0.3 is 10.2 Å². The number of nitrogens with zero attached hydrogens (tertiary/aromatic N) is 2. The molecule has 1 atom stereocenters. The number of carbonyl (C=O) groups excluding carboxylic acids is 2. The molecule has 3 aromatic carbocycles. The van der Waals surface area contributed by atoms with Crippen LogP contribution in [0.1, 0.15) is 52.2 Å². The maximum atomic E-state index is 14.0. The highest BCUT2D eigenvalue weighted by Crippen LogP contribution is 2.25. The van der Waals surface area contributed by atoms with E-state index >= 15 is 0 Å². The van der Waals surface area contributed by atoms with Crippen molar-refractivity contribution in [2.45, 2.75) is 70.5 Å². The summed E-state index contributed by atoms with van der Waals surface area (Å²) in [6, 6.07) is 19.7. The Kier molecular flexibility index (Phi) is 10.1. The second-order valence-electron chi connectivity index (χ2n) is 10.7. The van der Waals surface area contributed by atoms with E-state index in [4.69, 9.17) is 0 Å². The van der Waals surface area contributed by atoms with Gasteiger partial charge in [-0.15, -0.1) is 0 Å². The van der Waals surface area contributed by atoms with E-state index in [0.717, 1.165) is 16.3 Å². The van der Waals surface area contributed by atoms with Gasteiger partial charge in [0.15, 0.2) is 0 Å².